The Morgan fingerprint density at radius 1 is 0.470 bits per heavy atom. The Bertz CT molecular complexity index is 3560. The molecule has 0 amide bonds. The van der Waals surface area contributed by atoms with Gasteiger partial charge in [-0.05, 0) is 78.2 Å². The van der Waals surface area contributed by atoms with Crippen molar-refractivity contribution >= 4 is 209 Å². The van der Waals surface area contributed by atoms with E-state index in [1.54, 1.807) is 9.00 Å². The van der Waals surface area contributed by atoms with Crippen LogP contribution in [0.25, 0.3) is 90.6 Å². The van der Waals surface area contributed by atoms with Crippen molar-refractivity contribution < 1.29 is 64.3 Å². The number of fused-ring (bicyclic) bond motifs is 14. The molecule has 0 bridgehead atoms. The molecule has 0 spiro atoms. The minimum Gasteiger partial charge on any atom is -0.445 e. The predicted molar refractivity (Wildman–Crippen MR) is 305 cm³/mol. The summed E-state index contributed by atoms with van der Waals surface area (Å²) in [6.45, 7) is 30.9. The smallest absolute Gasteiger partial charge is 0.445 e. The van der Waals surface area contributed by atoms with E-state index >= 15 is 0 Å². The van der Waals surface area contributed by atoms with E-state index in [0.29, 0.717) is 0 Å². The van der Waals surface area contributed by atoms with E-state index in [0.717, 1.165) is 54.2 Å². The van der Waals surface area contributed by atoms with E-state index in [1.165, 1.54) is 49.3 Å². The minimum atomic E-state index is -4.72. The first kappa shape index (κ1) is 52.1. The van der Waals surface area contributed by atoms with E-state index in [9.17, 15) is 12.9 Å². The van der Waals surface area contributed by atoms with E-state index in [-0.39, 0.29) is 57.4 Å². The second-order valence-corrected chi connectivity index (χ2v) is 47.4. The summed E-state index contributed by atoms with van der Waals surface area (Å²) in [5, 5.41) is 5.14. The van der Waals surface area contributed by atoms with E-state index in [1.807, 2.05) is 57.5 Å². The molecule has 6 aromatic heterocycles. The standard InChI is InChI=1S/C24H26N2S2Si2.C22H23BrN2S2Si2.C2H3BF3.K/c1-8-14-9-10-17-18(11-14)26-22-16-13-20(30(5,6)7)28-24(16)23-15(21(22)25-17)12-19(27-23)29(2,3)4;1-28(2,3)17-10-13-19-20(25-16-9-12(23)7-8-15(16)24-19)14-11-18(29(4,5)6)27-22(14)21(13)26-17;1-2-3(4,5)6;/h8-13H,1H2,2-7H3;7-11H,1-6H3;2H,1H2;/q;;-1;+1. The molecule has 0 atom stereocenters. The van der Waals surface area contributed by atoms with Crippen LogP contribution in [0, 0.1) is 0 Å². The normalized spacial score (nSPS) is 12.8. The molecule has 4 nitrogen and oxygen atoms in total. The van der Waals surface area contributed by atoms with Gasteiger partial charge in [0.25, 0.3) is 0 Å². The maximum Gasteiger partial charge on any atom is 1.00 e. The van der Waals surface area contributed by atoms with Crippen LogP contribution in [0.15, 0.2) is 84.3 Å². The number of hydrogen-bond acceptors (Lipinski definition) is 8. The SMILES string of the molecule is C=C[B-](F)(F)F.C=Cc1ccc2nc3c4cc([Si](C)(C)C)sc4c4sc([Si](C)(C)C)cc4c3nc2c1.C[Si](C)(C)c1cc2c3nc4ccc(Br)cc4nc3c3cc([Si](C)(C)C)sc3c2s1.[K+]. The summed E-state index contributed by atoms with van der Waals surface area (Å²) in [5.41, 5.74) is 9.11. The molecule has 0 fully saturated rings. The first-order chi connectivity index (χ1) is 30.1. The molecule has 336 valence electrons. The molecular weight excluding hydrogens is 1060 g/mol. The number of benzene rings is 4. The van der Waals surface area contributed by atoms with Gasteiger partial charge in [0.15, 0.2) is 0 Å². The van der Waals surface area contributed by atoms with Gasteiger partial charge in [-0.15, -0.1) is 51.9 Å². The van der Waals surface area contributed by atoms with Gasteiger partial charge in [0.05, 0.1) is 95.2 Å². The number of hydrogen-bond donors (Lipinski definition) is 0. The molecule has 4 aromatic carbocycles. The van der Waals surface area contributed by atoms with Crippen LogP contribution in [0.4, 0.5) is 12.9 Å². The van der Waals surface area contributed by atoms with Gasteiger partial charge in [-0.1, -0.05) is 113 Å². The zero-order valence-corrected chi connectivity index (χ0v) is 51.8. The van der Waals surface area contributed by atoms with Gasteiger partial charge in [-0.3, -0.25) is 0 Å². The Kier molecular flexibility index (Phi) is 14.8. The largest absolute Gasteiger partial charge is 1.00 e. The van der Waals surface area contributed by atoms with Crippen molar-refractivity contribution in [2.75, 3.05) is 0 Å². The molecule has 6 heterocycles. The van der Waals surface area contributed by atoms with Crippen molar-refractivity contribution in [3.8, 4) is 0 Å². The van der Waals surface area contributed by atoms with Crippen molar-refractivity contribution in [1.82, 2.24) is 19.9 Å². The summed E-state index contributed by atoms with van der Waals surface area (Å²) < 4.78 is 45.0. The van der Waals surface area contributed by atoms with Crippen LogP contribution in [0.2, 0.25) is 78.6 Å². The second-order valence-electron chi connectivity index (χ2n) is 20.7. The molecule has 0 radical (unpaired) electrons. The molecule has 0 aliphatic heterocycles. The van der Waals surface area contributed by atoms with E-state index in [4.69, 9.17) is 19.9 Å². The molecule has 0 aliphatic carbocycles. The monoisotopic (exact) mass is 1110 g/mol. The molecule has 0 saturated heterocycles. The van der Waals surface area contributed by atoms with Crippen LogP contribution in [-0.2, 0) is 0 Å². The first-order valence-corrected chi connectivity index (χ1v) is 39.5. The molecule has 18 heteroatoms. The van der Waals surface area contributed by atoms with Crippen LogP contribution in [-0.4, -0.2) is 59.2 Å². The fourth-order valence-corrected chi connectivity index (χ4v) is 20.1. The zero-order valence-electron chi connectivity index (χ0n) is 39.9. The molecule has 0 unspecified atom stereocenters. The molecule has 0 saturated carbocycles. The topological polar surface area (TPSA) is 51.6 Å². The van der Waals surface area contributed by atoms with Crippen LogP contribution >= 0.6 is 61.3 Å². The van der Waals surface area contributed by atoms with Gasteiger partial charge in [-0.25, -0.2) is 19.9 Å². The fraction of sp³-hybridized carbons (Fsp3) is 0.250. The Morgan fingerprint density at radius 3 is 1.05 bits per heavy atom. The first-order valence-electron chi connectivity index (χ1n) is 21.5. The van der Waals surface area contributed by atoms with Crippen molar-refractivity contribution in [3.63, 3.8) is 0 Å². The van der Waals surface area contributed by atoms with Gasteiger partial charge >= 0.3 is 58.4 Å². The number of halogens is 4. The number of nitrogens with zero attached hydrogens (tertiary/aromatic N) is 4. The number of aromatic nitrogens is 4. The van der Waals surface area contributed by atoms with Crippen molar-refractivity contribution in [2.45, 2.75) is 78.6 Å². The third-order valence-corrected chi connectivity index (χ3v) is 30.8. The third kappa shape index (κ3) is 10.5. The van der Waals surface area contributed by atoms with Crippen LogP contribution < -0.4 is 69.4 Å². The second kappa shape index (κ2) is 18.8. The van der Waals surface area contributed by atoms with E-state index < -0.39 is 39.3 Å². The average molecular weight is 1110 g/mol. The van der Waals surface area contributed by atoms with E-state index in [2.05, 4.69) is 162 Å². The van der Waals surface area contributed by atoms with Crippen LogP contribution in [0.1, 0.15) is 5.56 Å². The minimum absolute atomic E-state index is 0. The summed E-state index contributed by atoms with van der Waals surface area (Å²) >= 11 is 11.6. The summed E-state index contributed by atoms with van der Waals surface area (Å²) in [6, 6.07) is 22.1. The van der Waals surface area contributed by atoms with Crippen molar-refractivity contribution in [2.24, 2.45) is 0 Å². The maximum absolute atomic E-state index is 10.7. The Morgan fingerprint density at radius 2 is 0.758 bits per heavy atom. The molecule has 0 N–H and O–H groups in total. The molecule has 66 heavy (non-hydrogen) atoms. The van der Waals surface area contributed by atoms with Gasteiger partial charge in [-0.2, -0.15) is 5.98 Å². The molecule has 0 aliphatic rings. The maximum atomic E-state index is 10.7. The Labute approximate surface area is 455 Å². The fourth-order valence-electron chi connectivity index (χ4n) is 7.40. The van der Waals surface area contributed by atoms with Gasteiger partial charge in [0.1, 0.15) is 0 Å². The number of rotatable bonds is 6. The average Bonchev–Trinajstić information content (AvgIpc) is 4.03. The van der Waals surface area contributed by atoms with Crippen LogP contribution in [0.3, 0.4) is 0 Å². The Hall–Kier alpha value is -1.76. The van der Waals surface area contributed by atoms with Crippen molar-refractivity contribution in [3.05, 3.63) is 89.8 Å². The molecule has 10 aromatic rings. The van der Waals surface area contributed by atoms with Crippen LogP contribution in [0.5, 0.6) is 0 Å². The summed E-state index contributed by atoms with van der Waals surface area (Å²) in [5.74, 6) is 0. The third-order valence-electron chi connectivity index (χ3n) is 11.1. The molecular formula is C48H52BBrF3KN4S4Si4. The summed E-state index contributed by atoms with van der Waals surface area (Å²) in [7, 11) is -5.65. The number of thiophene rings is 4. The predicted octanol–water partition coefficient (Wildman–Crippen LogP) is 12.6. The Balaban J connectivity index is 0.000000173. The van der Waals surface area contributed by atoms with Crippen molar-refractivity contribution in [1.29, 1.82) is 0 Å². The van der Waals surface area contributed by atoms with Gasteiger partial charge in [0, 0.05) is 26.0 Å². The summed E-state index contributed by atoms with van der Waals surface area (Å²) in [6.07, 6.45) is 1.87. The van der Waals surface area contributed by atoms with Gasteiger partial charge in [0.2, 0.25) is 0 Å². The molecule has 10 rings (SSSR count). The van der Waals surface area contributed by atoms with Gasteiger partial charge < -0.3 is 12.9 Å². The quantitative estimate of drug-likeness (QED) is 0.123. The zero-order chi connectivity index (χ0) is 47.3. The summed E-state index contributed by atoms with van der Waals surface area (Å²) in [4.78, 5) is 20.5.